The Morgan fingerprint density at radius 1 is 1.09 bits per heavy atom. The molecule has 0 saturated carbocycles. The van der Waals surface area contributed by atoms with Crippen molar-refractivity contribution < 1.29 is 13.9 Å². The van der Waals surface area contributed by atoms with E-state index in [1.807, 2.05) is 6.07 Å². The lowest BCUT2D eigenvalue weighted by Gasteiger charge is -2.14. The maximum atomic E-state index is 13.3. The molecule has 0 aliphatic carbocycles. The van der Waals surface area contributed by atoms with Crippen LogP contribution in [0.2, 0.25) is 0 Å². The number of para-hydroxylation sites is 1. The molecule has 4 rings (SSSR count). The third-order valence-electron chi connectivity index (χ3n) is 5.12. The predicted molar refractivity (Wildman–Crippen MR) is 124 cm³/mol. The second kappa shape index (κ2) is 9.36. The van der Waals surface area contributed by atoms with Gasteiger partial charge in [-0.05, 0) is 55.0 Å². The molecule has 0 N–H and O–H groups in total. The summed E-state index contributed by atoms with van der Waals surface area (Å²) in [6, 6.07) is 18.6. The van der Waals surface area contributed by atoms with Gasteiger partial charge >= 0.3 is 0 Å². The lowest BCUT2D eigenvalue weighted by atomic mass is 10.1. The first-order valence-electron chi connectivity index (χ1n) is 10.0. The third kappa shape index (κ3) is 4.57. The summed E-state index contributed by atoms with van der Waals surface area (Å²) in [5.41, 5.74) is 2.67. The molecule has 32 heavy (non-hydrogen) atoms. The Bertz CT molecular complexity index is 1350. The fourth-order valence-corrected chi connectivity index (χ4v) is 4.40. The van der Waals surface area contributed by atoms with Gasteiger partial charge in [0.2, 0.25) is 0 Å². The first-order valence-corrected chi connectivity index (χ1v) is 11.0. The number of Topliss-reactive ketones (excluding diaryl/α,β-unsaturated/α-hetero) is 1. The van der Waals surface area contributed by atoms with Gasteiger partial charge < -0.3 is 4.74 Å². The zero-order chi connectivity index (χ0) is 22.7. The van der Waals surface area contributed by atoms with Gasteiger partial charge in [0.25, 0.3) is 5.56 Å². The van der Waals surface area contributed by atoms with Crippen LogP contribution in [0.15, 0.2) is 76.7 Å². The van der Waals surface area contributed by atoms with Crippen LogP contribution in [-0.4, -0.2) is 22.4 Å². The van der Waals surface area contributed by atoms with Crippen molar-refractivity contribution in [3.05, 3.63) is 99.6 Å². The van der Waals surface area contributed by atoms with Crippen molar-refractivity contribution >= 4 is 28.4 Å². The number of aromatic nitrogens is 2. The van der Waals surface area contributed by atoms with Crippen LogP contribution in [0, 0.1) is 5.82 Å². The monoisotopic (exact) mass is 448 g/mol. The van der Waals surface area contributed by atoms with Gasteiger partial charge in [-0.15, -0.1) is 0 Å². The second-order valence-corrected chi connectivity index (χ2v) is 8.24. The van der Waals surface area contributed by atoms with Crippen molar-refractivity contribution in [2.45, 2.75) is 24.4 Å². The Morgan fingerprint density at radius 2 is 1.84 bits per heavy atom. The summed E-state index contributed by atoms with van der Waals surface area (Å²) in [7, 11) is 1.58. The number of fused-ring (bicyclic) bond motifs is 1. The number of carbonyl (C=O) groups excluding carboxylic acids is 1. The minimum Gasteiger partial charge on any atom is -0.496 e. The second-order valence-electron chi connectivity index (χ2n) is 7.30. The minimum absolute atomic E-state index is 0.0315. The zero-order valence-electron chi connectivity index (χ0n) is 17.7. The topological polar surface area (TPSA) is 61.2 Å². The van der Waals surface area contributed by atoms with E-state index in [0.717, 1.165) is 11.1 Å². The average Bonchev–Trinajstić information content (AvgIpc) is 2.80. The van der Waals surface area contributed by atoms with Crippen LogP contribution >= 0.6 is 11.8 Å². The number of hydrogen-bond acceptors (Lipinski definition) is 5. The lowest BCUT2D eigenvalue weighted by Crippen LogP contribution is -2.24. The van der Waals surface area contributed by atoms with E-state index in [-0.39, 0.29) is 23.7 Å². The van der Waals surface area contributed by atoms with Crippen molar-refractivity contribution in [2.24, 2.45) is 0 Å². The summed E-state index contributed by atoms with van der Waals surface area (Å²) in [6.07, 6.45) is 0. The molecule has 0 aliphatic rings. The Hall–Kier alpha value is -3.45. The number of carbonyl (C=O) groups is 1. The first kappa shape index (κ1) is 21.8. The number of hydrogen-bond donors (Lipinski definition) is 0. The van der Waals surface area contributed by atoms with Crippen molar-refractivity contribution in [3.63, 3.8) is 0 Å². The van der Waals surface area contributed by atoms with Gasteiger partial charge in [-0.1, -0.05) is 36.0 Å². The summed E-state index contributed by atoms with van der Waals surface area (Å²) in [4.78, 5) is 29.8. The van der Waals surface area contributed by atoms with Gasteiger partial charge in [-0.2, -0.15) is 0 Å². The number of halogens is 1. The summed E-state index contributed by atoms with van der Waals surface area (Å²) >= 11 is 1.39. The summed E-state index contributed by atoms with van der Waals surface area (Å²) in [6.45, 7) is 1.79. The molecule has 7 heteroatoms. The van der Waals surface area contributed by atoms with E-state index < -0.39 is 0 Å². The largest absolute Gasteiger partial charge is 0.496 e. The first-order chi connectivity index (χ1) is 15.5. The normalized spacial score (nSPS) is 11.0. The molecule has 1 heterocycles. The summed E-state index contributed by atoms with van der Waals surface area (Å²) < 4.78 is 20.4. The van der Waals surface area contributed by atoms with Crippen LogP contribution < -0.4 is 10.3 Å². The van der Waals surface area contributed by atoms with Gasteiger partial charge in [0.15, 0.2) is 10.9 Å². The third-order valence-corrected chi connectivity index (χ3v) is 6.15. The summed E-state index contributed by atoms with van der Waals surface area (Å²) in [5, 5.41) is 1.06. The lowest BCUT2D eigenvalue weighted by molar-refractivity contribution is 0.101. The molecule has 0 saturated heterocycles. The number of nitrogens with zero attached hydrogens (tertiary/aromatic N) is 2. The van der Waals surface area contributed by atoms with Gasteiger partial charge in [-0.25, -0.2) is 9.37 Å². The molecule has 4 aromatic rings. The average molecular weight is 449 g/mol. The highest BCUT2D eigenvalue weighted by molar-refractivity contribution is 7.98. The van der Waals surface area contributed by atoms with Gasteiger partial charge in [0.1, 0.15) is 11.6 Å². The van der Waals surface area contributed by atoms with Gasteiger partial charge in [-0.3, -0.25) is 14.2 Å². The van der Waals surface area contributed by atoms with E-state index in [2.05, 4.69) is 0 Å². The number of ether oxygens (including phenoxy) is 1. The van der Waals surface area contributed by atoms with Gasteiger partial charge in [0.05, 0.1) is 24.6 Å². The van der Waals surface area contributed by atoms with Crippen molar-refractivity contribution in [1.82, 2.24) is 9.55 Å². The minimum atomic E-state index is -0.329. The molecule has 0 fully saturated rings. The van der Waals surface area contributed by atoms with Crippen LogP contribution in [0.5, 0.6) is 5.75 Å². The highest BCUT2D eigenvalue weighted by Gasteiger charge is 2.14. The zero-order valence-corrected chi connectivity index (χ0v) is 18.5. The number of thioether (sulfide) groups is 1. The smallest absolute Gasteiger partial charge is 0.262 e. The van der Waals surface area contributed by atoms with Crippen molar-refractivity contribution in [2.75, 3.05) is 7.11 Å². The molecule has 0 bridgehead atoms. The number of rotatable bonds is 7. The highest BCUT2D eigenvalue weighted by atomic mass is 32.2. The molecule has 0 aliphatic heterocycles. The Balaban J connectivity index is 1.74. The van der Waals surface area contributed by atoms with E-state index in [9.17, 15) is 14.0 Å². The SMILES string of the molecule is COc1ccc(C(C)=O)cc1CSc1nc2ccccc2c(=O)n1Cc1ccc(F)cc1. The molecule has 0 radical (unpaired) electrons. The van der Waals surface area contributed by atoms with E-state index in [0.29, 0.717) is 33.1 Å². The highest BCUT2D eigenvalue weighted by Crippen LogP contribution is 2.29. The predicted octanol–water partition coefficient (Wildman–Crippen LogP) is 5.09. The molecule has 0 spiro atoms. The van der Waals surface area contributed by atoms with E-state index in [1.165, 1.54) is 30.8 Å². The fourth-order valence-electron chi connectivity index (χ4n) is 3.42. The molecule has 1 aromatic heterocycles. The van der Waals surface area contributed by atoms with E-state index >= 15 is 0 Å². The standard InChI is InChI=1S/C25H21FN2O3S/c1-16(29)18-9-12-23(31-2)19(13-18)15-32-25-27-22-6-4-3-5-21(22)24(30)28(25)14-17-7-10-20(26)11-8-17/h3-13H,14-15H2,1-2H3. The van der Waals surface area contributed by atoms with Crippen LogP contribution in [-0.2, 0) is 12.3 Å². The van der Waals surface area contributed by atoms with Crippen LogP contribution in [0.25, 0.3) is 10.9 Å². The van der Waals surface area contributed by atoms with Gasteiger partial charge in [0, 0.05) is 16.9 Å². The maximum Gasteiger partial charge on any atom is 0.262 e. The molecule has 0 unspecified atom stereocenters. The molecule has 3 aromatic carbocycles. The molecular weight excluding hydrogens is 427 g/mol. The van der Waals surface area contributed by atoms with Crippen molar-refractivity contribution in [3.8, 4) is 5.75 Å². The van der Waals surface area contributed by atoms with Crippen molar-refractivity contribution in [1.29, 1.82) is 0 Å². The van der Waals surface area contributed by atoms with E-state index in [1.54, 1.807) is 60.2 Å². The Morgan fingerprint density at radius 3 is 2.56 bits per heavy atom. The molecule has 162 valence electrons. The summed E-state index contributed by atoms with van der Waals surface area (Å²) in [5.74, 6) is 0.759. The number of benzene rings is 3. The molecule has 5 nitrogen and oxygen atoms in total. The number of ketones is 1. The van der Waals surface area contributed by atoms with Crippen LogP contribution in [0.4, 0.5) is 4.39 Å². The number of methoxy groups -OCH3 is 1. The molecule has 0 amide bonds. The van der Waals surface area contributed by atoms with E-state index in [4.69, 9.17) is 9.72 Å². The molecular formula is C25H21FN2O3S. The Labute approximate surface area is 188 Å². The quantitative estimate of drug-likeness (QED) is 0.224. The Kier molecular flexibility index (Phi) is 6.37. The van der Waals surface area contributed by atoms with Crippen LogP contribution in [0.1, 0.15) is 28.4 Å². The fraction of sp³-hybridized carbons (Fsp3) is 0.160. The molecule has 0 atom stereocenters. The van der Waals surface area contributed by atoms with Crippen LogP contribution in [0.3, 0.4) is 0 Å². The maximum absolute atomic E-state index is 13.3.